The van der Waals surface area contributed by atoms with Crippen molar-refractivity contribution in [3.05, 3.63) is 29.8 Å². The largest absolute Gasteiger partial charge is 0.481 e. The predicted octanol–water partition coefficient (Wildman–Crippen LogP) is 1.11. The number of anilines is 1. The van der Waals surface area contributed by atoms with Crippen LogP contribution in [0.25, 0.3) is 0 Å². The molecule has 0 radical (unpaired) electrons. The molecule has 0 fully saturated rings. The van der Waals surface area contributed by atoms with Crippen LogP contribution in [-0.2, 0) is 4.79 Å². The topological polar surface area (TPSA) is 92.4 Å². The van der Waals surface area contributed by atoms with Gasteiger partial charge in [-0.15, -0.1) is 0 Å². The van der Waals surface area contributed by atoms with Gasteiger partial charge in [-0.05, 0) is 24.6 Å². The minimum absolute atomic E-state index is 0.241. The molecule has 0 aromatic heterocycles. The van der Waals surface area contributed by atoms with E-state index in [1.165, 1.54) is 0 Å². The van der Waals surface area contributed by atoms with E-state index in [0.29, 0.717) is 24.2 Å². The summed E-state index contributed by atoms with van der Waals surface area (Å²) in [6, 6.07) is 6.63. The molecule has 0 spiro atoms. The van der Waals surface area contributed by atoms with Crippen molar-refractivity contribution in [2.24, 2.45) is 5.92 Å². The standard InChI is InChI=1S/C12H16N2O3/c1-8(12(16)17)5-6-14-11(15)9-3-2-4-10(13)7-9/h2-4,7-8H,5-6,13H2,1H3,(H,14,15)(H,16,17). The second-order valence-electron chi connectivity index (χ2n) is 3.91. The number of carboxylic acid groups (broad SMARTS) is 1. The SMILES string of the molecule is CC(CCNC(=O)c1cccc(N)c1)C(=O)O. The molecular weight excluding hydrogens is 220 g/mol. The Balaban J connectivity index is 2.43. The van der Waals surface area contributed by atoms with Crippen LogP contribution in [0.5, 0.6) is 0 Å². The maximum absolute atomic E-state index is 11.6. The Bertz CT molecular complexity index is 418. The average molecular weight is 236 g/mol. The molecule has 0 aliphatic rings. The van der Waals surface area contributed by atoms with Crippen LogP contribution in [0, 0.1) is 5.92 Å². The lowest BCUT2D eigenvalue weighted by Gasteiger charge is -2.08. The van der Waals surface area contributed by atoms with Gasteiger partial charge in [0.25, 0.3) is 5.91 Å². The summed E-state index contributed by atoms with van der Waals surface area (Å²) in [4.78, 5) is 22.2. The van der Waals surface area contributed by atoms with Crippen LogP contribution in [-0.4, -0.2) is 23.5 Å². The molecule has 1 aromatic rings. The first kappa shape index (κ1) is 13.0. The van der Waals surface area contributed by atoms with Gasteiger partial charge in [-0.3, -0.25) is 9.59 Å². The number of nitrogens with one attached hydrogen (secondary N) is 1. The quantitative estimate of drug-likeness (QED) is 0.668. The maximum Gasteiger partial charge on any atom is 0.306 e. The summed E-state index contributed by atoms with van der Waals surface area (Å²) in [6.07, 6.45) is 0.406. The van der Waals surface area contributed by atoms with Crippen LogP contribution in [0.4, 0.5) is 5.69 Å². The van der Waals surface area contributed by atoms with Crippen LogP contribution >= 0.6 is 0 Å². The van der Waals surface area contributed by atoms with E-state index in [0.717, 1.165) is 0 Å². The molecule has 0 heterocycles. The van der Waals surface area contributed by atoms with Gasteiger partial charge < -0.3 is 16.2 Å². The zero-order valence-corrected chi connectivity index (χ0v) is 9.64. The fourth-order valence-corrected chi connectivity index (χ4v) is 1.31. The van der Waals surface area contributed by atoms with Gasteiger partial charge in [0, 0.05) is 17.8 Å². The summed E-state index contributed by atoms with van der Waals surface area (Å²) in [5.41, 5.74) is 6.56. The number of nitrogen functional groups attached to an aromatic ring is 1. The van der Waals surface area contributed by atoms with Gasteiger partial charge in [-0.1, -0.05) is 13.0 Å². The lowest BCUT2D eigenvalue weighted by atomic mass is 10.1. The van der Waals surface area contributed by atoms with Crippen molar-refractivity contribution < 1.29 is 14.7 Å². The molecule has 0 saturated carbocycles. The lowest BCUT2D eigenvalue weighted by Crippen LogP contribution is -2.27. The number of carbonyl (C=O) groups is 2. The minimum atomic E-state index is -0.858. The number of hydrogen-bond acceptors (Lipinski definition) is 3. The summed E-state index contributed by atoms with van der Waals surface area (Å²) in [6.45, 7) is 1.94. The highest BCUT2D eigenvalue weighted by molar-refractivity contribution is 5.94. The molecule has 4 N–H and O–H groups in total. The monoisotopic (exact) mass is 236 g/mol. The Labute approximate surface area is 99.6 Å². The van der Waals surface area contributed by atoms with Gasteiger partial charge >= 0.3 is 5.97 Å². The Morgan fingerprint density at radius 3 is 2.76 bits per heavy atom. The molecule has 5 nitrogen and oxygen atoms in total. The van der Waals surface area contributed by atoms with Crippen LogP contribution in [0.1, 0.15) is 23.7 Å². The summed E-state index contributed by atoms with van der Waals surface area (Å²) in [5, 5.41) is 11.3. The van der Waals surface area contributed by atoms with Crippen molar-refractivity contribution in [3.63, 3.8) is 0 Å². The maximum atomic E-state index is 11.6. The van der Waals surface area contributed by atoms with Gasteiger partial charge in [0.2, 0.25) is 0 Å². The zero-order chi connectivity index (χ0) is 12.8. The molecule has 0 bridgehead atoms. The highest BCUT2D eigenvalue weighted by atomic mass is 16.4. The zero-order valence-electron chi connectivity index (χ0n) is 9.64. The number of carboxylic acids is 1. The number of hydrogen-bond donors (Lipinski definition) is 3. The minimum Gasteiger partial charge on any atom is -0.481 e. The van der Waals surface area contributed by atoms with Crippen LogP contribution in [0.2, 0.25) is 0 Å². The van der Waals surface area contributed by atoms with Crippen LogP contribution in [0.3, 0.4) is 0 Å². The second kappa shape index (κ2) is 5.89. The molecule has 0 aliphatic carbocycles. The molecule has 1 amide bonds. The third-order valence-electron chi connectivity index (χ3n) is 2.43. The summed E-state index contributed by atoms with van der Waals surface area (Å²) in [7, 11) is 0. The molecule has 1 rings (SSSR count). The van der Waals surface area contributed by atoms with Crippen molar-refractivity contribution >= 4 is 17.6 Å². The smallest absolute Gasteiger partial charge is 0.306 e. The number of amides is 1. The van der Waals surface area contributed by atoms with Crippen LogP contribution in [0.15, 0.2) is 24.3 Å². The number of rotatable bonds is 5. The van der Waals surface area contributed by atoms with E-state index in [4.69, 9.17) is 10.8 Å². The van der Waals surface area contributed by atoms with E-state index in [9.17, 15) is 9.59 Å². The van der Waals surface area contributed by atoms with Gasteiger partial charge in [-0.25, -0.2) is 0 Å². The fraction of sp³-hybridized carbons (Fsp3) is 0.333. The Morgan fingerprint density at radius 2 is 2.18 bits per heavy atom. The average Bonchev–Trinajstić information content (AvgIpc) is 2.28. The van der Waals surface area contributed by atoms with Crippen molar-refractivity contribution in [1.82, 2.24) is 5.32 Å². The first-order valence-electron chi connectivity index (χ1n) is 5.37. The molecule has 0 aliphatic heterocycles. The Kier molecular flexibility index (Phi) is 4.51. The molecule has 0 saturated heterocycles. The Hall–Kier alpha value is -2.04. The first-order valence-corrected chi connectivity index (χ1v) is 5.37. The third-order valence-corrected chi connectivity index (χ3v) is 2.43. The van der Waals surface area contributed by atoms with Crippen LogP contribution < -0.4 is 11.1 Å². The molecule has 92 valence electrons. The second-order valence-corrected chi connectivity index (χ2v) is 3.91. The van der Waals surface area contributed by atoms with E-state index in [-0.39, 0.29) is 5.91 Å². The van der Waals surface area contributed by atoms with E-state index in [1.807, 2.05) is 0 Å². The molecule has 1 aromatic carbocycles. The summed E-state index contributed by atoms with van der Waals surface area (Å²) in [5.74, 6) is -1.56. The third kappa shape index (κ3) is 4.14. The number of aliphatic carboxylic acids is 1. The predicted molar refractivity (Wildman–Crippen MR) is 64.6 cm³/mol. The highest BCUT2D eigenvalue weighted by Gasteiger charge is 2.11. The van der Waals surface area contributed by atoms with Crippen molar-refractivity contribution in [2.75, 3.05) is 12.3 Å². The molecule has 1 unspecified atom stereocenters. The first-order chi connectivity index (χ1) is 8.00. The number of carbonyl (C=O) groups excluding carboxylic acids is 1. The van der Waals surface area contributed by atoms with Crippen molar-refractivity contribution in [3.8, 4) is 0 Å². The molecule has 1 atom stereocenters. The van der Waals surface area contributed by atoms with Gasteiger partial charge in [0.05, 0.1) is 5.92 Å². The molecular formula is C12H16N2O3. The van der Waals surface area contributed by atoms with E-state index >= 15 is 0 Å². The van der Waals surface area contributed by atoms with E-state index < -0.39 is 11.9 Å². The Morgan fingerprint density at radius 1 is 1.47 bits per heavy atom. The van der Waals surface area contributed by atoms with Gasteiger partial charge in [0.1, 0.15) is 0 Å². The summed E-state index contributed by atoms with van der Waals surface area (Å²) < 4.78 is 0. The van der Waals surface area contributed by atoms with Crippen molar-refractivity contribution in [1.29, 1.82) is 0 Å². The van der Waals surface area contributed by atoms with E-state index in [1.54, 1.807) is 31.2 Å². The molecule has 17 heavy (non-hydrogen) atoms. The van der Waals surface area contributed by atoms with Gasteiger partial charge in [-0.2, -0.15) is 0 Å². The summed E-state index contributed by atoms with van der Waals surface area (Å²) >= 11 is 0. The van der Waals surface area contributed by atoms with Crippen molar-refractivity contribution in [2.45, 2.75) is 13.3 Å². The van der Waals surface area contributed by atoms with Gasteiger partial charge in [0.15, 0.2) is 0 Å². The normalized spacial score (nSPS) is 11.8. The molecule has 5 heteroatoms. The van der Waals surface area contributed by atoms with E-state index in [2.05, 4.69) is 5.32 Å². The highest BCUT2D eigenvalue weighted by Crippen LogP contribution is 2.06. The number of benzene rings is 1. The number of nitrogens with two attached hydrogens (primary N) is 1. The fourth-order valence-electron chi connectivity index (χ4n) is 1.31. The lowest BCUT2D eigenvalue weighted by molar-refractivity contribution is -0.141.